The van der Waals surface area contributed by atoms with Crippen LogP contribution >= 0.6 is 0 Å². The van der Waals surface area contributed by atoms with Crippen LogP contribution in [0.4, 0.5) is 0 Å². The first kappa shape index (κ1) is 41.9. The molecular weight excluding hydrogens is 897 g/mol. The molecule has 3 nitrogen and oxygen atoms in total. The molecule has 0 spiro atoms. The summed E-state index contributed by atoms with van der Waals surface area (Å²) in [5.41, 5.74) is 18.5. The molecule has 0 unspecified atom stereocenters. The summed E-state index contributed by atoms with van der Waals surface area (Å²) in [5.74, 6) is 0. The van der Waals surface area contributed by atoms with Gasteiger partial charge >= 0.3 is 0 Å². The van der Waals surface area contributed by atoms with Crippen molar-refractivity contribution in [3.8, 4) is 72.7 Å². The topological polar surface area (TPSA) is 31.0 Å². The first-order valence-corrected chi connectivity index (χ1v) is 25.3. The largest absolute Gasteiger partial charge is 0.456 e. The van der Waals surface area contributed by atoms with Crippen LogP contribution in [0.25, 0.3) is 149 Å². The van der Waals surface area contributed by atoms with Gasteiger partial charge in [-0.1, -0.05) is 206 Å². The van der Waals surface area contributed by atoms with Gasteiger partial charge in [-0.3, -0.25) is 0 Å². The lowest BCUT2D eigenvalue weighted by atomic mass is 9.91. The first-order chi connectivity index (χ1) is 36.6. The van der Waals surface area contributed by atoms with E-state index in [-0.39, 0.29) is 0 Å². The second-order valence-corrected chi connectivity index (χ2v) is 19.4. The maximum atomic E-state index is 6.23. The fourth-order valence-electron chi connectivity index (χ4n) is 11.5. The molecule has 12 aromatic carbocycles. The van der Waals surface area contributed by atoms with Crippen LogP contribution in [0.1, 0.15) is 0 Å². The summed E-state index contributed by atoms with van der Waals surface area (Å²) in [7, 11) is 0. The second-order valence-electron chi connectivity index (χ2n) is 19.4. The third-order valence-corrected chi connectivity index (χ3v) is 15.2. The van der Waals surface area contributed by atoms with Crippen LogP contribution in [-0.2, 0) is 0 Å². The van der Waals surface area contributed by atoms with Crippen molar-refractivity contribution in [2.24, 2.45) is 0 Å². The molecule has 0 aliphatic carbocycles. The predicted molar refractivity (Wildman–Crippen MR) is 311 cm³/mol. The summed E-state index contributed by atoms with van der Waals surface area (Å²) >= 11 is 0. The molecule has 74 heavy (non-hydrogen) atoms. The van der Waals surface area contributed by atoms with Crippen LogP contribution in [0, 0.1) is 0 Å². The van der Waals surface area contributed by atoms with Gasteiger partial charge in [0.25, 0.3) is 0 Å². The van der Waals surface area contributed by atoms with E-state index in [1.54, 1.807) is 0 Å². The quantitative estimate of drug-likeness (QED) is 0.149. The number of rotatable bonds is 7. The van der Waals surface area contributed by atoms with Crippen LogP contribution in [0.2, 0.25) is 0 Å². The molecular formula is C71H44N2O. The Labute approximate surface area is 427 Å². The summed E-state index contributed by atoms with van der Waals surface area (Å²) in [5, 5.41) is 12.0. The maximum Gasteiger partial charge on any atom is 0.135 e. The van der Waals surface area contributed by atoms with Crippen molar-refractivity contribution in [3.63, 3.8) is 0 Å². The average Bonchev–Trinajstić information content (AvgIpc) is 4.02. The highest BCUT2D eigenvalue weighted by molar-refractivity contribution is 6.29. The molecule has 3 aromatic heterocycles. The lowest BCUT2D eigenvalue weighted by Gasteiger charge is -2.15. The molecule has 0 radical (unpaired) electrons. The number of aromatic nitrogens is 2. The molecule has 0 aliphatic rings. The second kappa shape index (κ2) is 16.9. The van der Waals surface area contributed by atoms with Gasteiger partial charge in [-0.25, -0.2) is 4.98 Å². The Morgan fingerprint density at radius 1 is 0.230 bits per heavy atom. The summed E-state index contributed by atoms with van der Waals surface area (Å²) < 4.78 is 8.70. The summed E-state index contributed by atoms with van der Waals surface area (Å²) in [6.45, 7) is 0. The Morgan fingerprint density at radius 2 is 0.622 bits per heavy atom. The molecule has 344 valence electrons. The molecule has 15 rings (SSSR count). The third kappa shape index (κ3) is 6.93. The van der Waals surface area contributed by atoms with Crippen LogP contribution in [-0.4, -0.2) is 9.55 Å². The highest BCUT2D eigenvalue weighted by atomic mass is 16.3. The normalized spacial score (nSPS) is 11.8. The van der Waals surface area contributed by atoms with E-state index in [1.165, 1.54) is 82.0 Å². The highest BCUT2D eigenvalue weighted by Gasteiger charge is 2.20. The van der Waals surface area contributed by atoms with E-state index in [1.807, 2.05) is 12.1 Å². The van der Waals surface area contributed by atoms with Gasteiger partial charge < -0.3 is 8.98 Å². The first-order valence-electron chi connectivity index (χ1n) is 25.3. The molecule has 0 N–H and O–H groups in total. The number of pyridine rings is 1. The van der Waals surface area contributed by atoms with Gasteiger partial charge in [0.05, 0.1) is 28.1 Å². The van der Waals surface area contributed by atoms with Crippen molar-refractivity contribution in [1.29, 1.82) is 0 Å². The number of para-hydroxylation sites is 1. The summed E-state index contributed by atoms with van der Waals surface area (Å²) in [4.78, 5) is 5.46. The van der Waals surface area contributed by atoms with Gasteiger partial charge in [0.1, 0.15) is 11.2 Å². The fourth-order valence-corrected chi connectivity index (χ4v) is 11.5. The van der Waals surface area contributed by atoms with Crippen LogP contribution in [0.5, 0.6) is 0 Å². The zero-order chi connectivity index (χ0) is 48.7. The Morgan fingerprint density at radius 3 is 1.24 bits per heavy atom. The minimum Gasteiger partial charge on any atom is -0.456 e. The number of hydrogen-bond donors (Lipinski definition) is 0. The average molecular weight is 941 g/mol. The lowest BCUT2D eigenvalue weighted by Crippen LogP contribution is -1.98. The van der Waals surface area contributed by atoms with E-state index in [9.17, 15) is 0 Å². The number of nitrogens with zero attached hydrogens (tertiary/aromatic N) is 2. The van der Waals surface area contributed by atoms with E-state index >= 15 is 0 Å². The maximum absolute atomic E-state index is 6.23. The van der Waals surface area contributed by atoms with Gasteiger partial charge in [0.2, 0.25) is 0 Å². The number of furan rings is 1. The molecule has 15 aromatic rings. The Balaban J connectivity index is 0.969. The highest BCUT2D eigenvalue weighted by Crippen LogP contribution is 2.44. The number of hydrogen-bond acceptors (Lipinski definition) is 2. The Hall–Kier alpha value is -9.83. The molecule has 0 bridgehead atoms. The van der Waals surface area contributed by atoms with Crippen molar-refractivity contribution in [2.45, 2.75) is 0 Å². The number of fused-ring (bicyclic) bond motifs is 12. The van der Waals surface area contributed by atoms with Crippen molar-refractivity contribution in [3.05, 3.63) is 267 Å². The zero-order valence-corrected chi connectivity index (χ0v) is 40.2. The predicted octanol–water partition coefficient (Wildman–Crippen LogP) is 19.5. The molecule has 0 atom stereocenters. The van der Waals surface area contributed by atoms with Crippen molar-refractivity contribution < 1.29 is 4.42 Å². The molecule has 0 saturated carbocycles. The van der Waals surface area contributed by atoms with Crippen LogP contribution in [0.15, 0.2) is 271 Å². The van der Waals surface area contributed by atoms with Gasteiger partial charge in [-0.15, -0.1) is 0 Å². The summed E-state index contributed by atoms with van der Waals surface area (Å²) in [6.07, 6.45) is 0. The van der Waals surface area contributed by atoms with Crippen LogP contribution in [0.3, 0.4) is 0 Å². The Kier molecular flexibility index (Phi) is 9.57. The minimum absolute atomic E-state index is 0.903. The molecule has 0 amide bonds. The van der Waals surface area contributed by atoms with Crippen LogP contribution < -0.4 is 0 Å². The van der Waals surface area contributed by atoms with E-state index in [0.717, 1.165) is 66.7 Å². The van der Waals surface area contributed by atoms with E-state index in [0.29, 0.717) is 0 Å². The van der Waals surface area contributed by atoms with Crippen molar-refractivity contribution in [1.82, 2.24) is 9.55 Å². The molecule has 3 heteroatoms. The molecule has 0 aliphatic heterocycles. The van der Waals surface area contributed by atoms with Gasteiger partial charge in [0.15, 0.2) is 0 Å². The molecule has 3 heterocycles. The van der Waals surface area contributed by atoms with Gasteiger partial charge in [-0.2, -0.15) is 0 Å². The Bertz CT molecular complexity index is 4570. The van der Waals surface area contributed by atoms with Crippen molar-refractivity contribution >= 4 is 76.1 Å². The fraction of sp³-hybridized carbons (Fsp3) is 0. The zero-order valence-electron chi connectivity index (χ0n) is 40.2. The van der Waals surface area contributed by atoms with E-state index < -0.39 is 0 Å². The molecule has 0 saturated heterocycles. The van der Waals surface area contributed by atoms with E-state index in [2.05, 4.69) is 259 Å². The standard InChI is InChI=1S/C71H44N2O/c1-4-14-45(15-5-1)48-24-28-50(29-25-48)66-41-55(42-67(72-66)51-30-26-49(27-31-51)46-16-6-2-7-17-46)73-68-36-33-52(47-18-8-3-9-19-47)39-63(68)64-43-61-58-35-32-53(38-60(58)56-20-10-11-21-57(56)62(61)44-69(64)73)54-34-37-71-65(40-54)59-22-12-13-23-70(59)74-71/h1-44H. The van der Waals surface area contributed by atoms with Gasteiger partial charge in [0, 0.05) is 32.7 Å². The summed E-state index contributed by atoms with van der Waals surface area (Å²) in [6, 6.07) is 96.8. The SMILES string of the molecule is c1ccc(-c2ccc(-c3cc(-n4c5ccc(-c6ccccc6)cc5c5cc6c7ccc(-c8ccc9oc%10ccccc%10c9c8)cc7c7ccccc7c6cc54)cc(-c4ccc(-c5ccccc5)cc4)n3)cc2)cc1. The third-order valence-electron chi connectivity index (χ3n) is 15.2. The van der Waals surface area contributed by atoms with Crippen molar-refractivity contribution in [2.75, 3.05) is 0 Å². The minimum atomic E-state index is 0.903. The van der Waals surface area contributed by atoms with E-state index in [4.69, 9.17) is 9.40 Å². The monoisotopic (exact) mass is 940 g/mol. The van der Waals surface area contributed by atoms with Gasteiger partial charge in [-0.05, 0) is 137 Å². The lowest BCUT2D eigenvalue weighted by molar-refractivity contribution is 0.669. The smallest absolute Gasteiger partial charge is 0.135 e. The molecule has 0 fully saturated rings. The number of benzene rings is 12.